The Morgan fingerprint density at radius 1 is 1.40 bits per heavy atom. The molecule has 0 aromatic heterocycles. The van der Waals surface area contributed by atoms with Crippen LogP contribution in [0.3, 0.4) is 0 Å². The molecule has 0 bridgehead atoms. The Morgan fingerprint density at radius 3 is 2.40 bits per heavy atom. The highest BCUT2D eigenvalue weighted by Gasteiger charge is 2.29. The lowest BCUT2D eigenvalue weighted by atomic mass is 9.94. The molecule has 0 spiro atoms. The van der Waals surface area contributed by atoms with E-state index >= 15 is 0 Å². The number of aliphatic hydroxyl groups is 1. The van der Waals surface area contributed by atoms with Gasteiger partial charge in [-0.25, -0.2) is 4.79 Å². The van der Waals surface area contributed by atoms with E-state index in [0.29, 0.717) is 25.9 Å². The van der Waals surface area contributed by atoms with E-state index in [9.17, 15) is 14.7 Å². The number of piperidine rings is 1. The minimum absolute atomic E-state index is 0.369. The van der Waals surface area contributed by atoms with Crippen LogP contribution in [0.5, 0.6) is 0 Å². The first kappa shape index (κ1) is 11.8. The molecular weight excluding hydrogens is 200 g/mol. The third-order valence-electron chi connectivity index (χ3n) is 2.52. The number of carboxylic acids is 1. The lowest BCUT2D eigenvalue weighted by Crippen LogP contribution is -2.49. The van der Waals surface area contributed by atoms with Gasteiger partial charge >= 0.3 is 12.0 Å². The Labute approximate surface area is 87.9 Å². The minimum Gasteiger partial charge on any atom is -0.480 e. The van der Waals surface area contributed by atoms with E-state index in [1.165, 1.54) is 4.90 Å². The van der Waals surface area contributed by atoms with Gasteiger partial charge in [0.25, 0.3) is 0 Å². The second-order valence-corrected chi connectivity index (χ2v) is 4.04. The van der Waals surface area contributed by atoms with Gasteiger partial charge < -0.3 is 20.4 Å². The number of carboxylic acid groups (broad SMARTS) is 1. The number of urea groups is 1. The number of carbonyl (C=O) groups is 2. The molecule has 1 saturated heterocycles. The van der Waals surface area contributed by atoms with Crippen LogP contribution in [0.15, 0.2) is 0 Å². The summed E-state index contributed by atoms with van der Waals surface area (Å²) in [5.74, 6) is -1.06. The SMILES string of the molecule is CC1(O)CCN(C(=O)NCC(=O)O)CC1. The van der Waals surface area contributed by atoms with Crippen molar-refractivity contribution in [2.75, 3.05) is 19.6 Å². The number of hydrogen-bond acceptors (Lipinski definition) is 3. The normalized spacial score (nSPS) is 19.7. The third-order valence-corrected chi connectivity index (χ3v) is 2.52. The molecular formula is C9H16N2O4. The average molecular weight is 216 g/mol. The quantitative estimate of drug-likeness (QED) is 0.587. The van der Waals surface area contributed by atoms with Crippen LogP contribution >= 0.6 is 0 Å². The fourth-order valence-electron chi connectivity index (χ4n) is 1.45. The van der Waals surface area contributed by atoms with Gasteiger partial charge in [-0.1, -0.05) is 0 Å². The molecule has 15 heavy (non-hydrogen) atoms. The van der Waals surface area contributed by atoms with Crippen molar-refractivity contribution in [2.45, 2.75) is 25.4 Å². The first-order valence-electron chi connectivity index (χ1n) is 4.88. The van der Waals surface area contributed by atoms with Gasteiger partial charge in [0, 0.05) is 13.1 Å². The molecule has 0 saturated carbocycles. The summed E-state index contributed by atoms with van der Waals surface area (Å²) in [7, 11) is 0. The van der Waals surface area contributed by atoms with Crippen molar-refractivity contribution in [2.24, 2.45) is 0 Å². The second-order valence-electron chi connectivity index (χ2n) is 4.04. The van der Waals surface area contributed by atoms with Crippen LogP contribution in [-0.2, 0) is 4.79 Å². The molecule has 0 unspecified atom stereocenters. The first-order chi connectivity index (χ1) is 6.91. The van der Waals surface area contributed by atoms with Crippen LogP contribution in [-0.4, -0.2) is 52.3 Å². The molecule has 0 aromatic rings. The van der Waals surface area contributed by atoms with Gasteiger partial charge in [0.05, 0.1) is 5.60 Å². The molecule has 6 heteroatoms. The monoisotopic (exact) mass is 216 g/mol. The summed E-state index contributed by atoms with van der Waals surface area (Å²) >= 11 is 0. The molecule has 0 radical (unpaired) electrons. The van der Waals surface area contributed by atoms with Crippen molar-refractivity contribution in [3.8, 4) is 0 Å². The molecule has 0 aliphatic carbocycles. The van der Waals surface area contributed by atoms with E-state index < -0.39 is 11.6 Å². The topological polar surface area (TPSA) is 89.9 Å². The van der Waals surface area contributed by atoms with Crippen LogP contribution < -0.4 is 5.32 Å². The largest absolute Gasteiger partial charge is 0.480 e. The maximum absolute atomic E-state index is 11.4. The lowest BCUT2D eigenvalue weighted by Gasteiger charge is -2.35. The highest BCUT2D eigenvalue weighted by Crippen LogP contribution is 2.20. The van der Waals surface area contributed by atoms with Gasteiger partial charge in [0.1, 0.15) is 6.54 Å². The number of nitrogens with zero attached hydrogens (tertiary/aromatic N) is 1. The number of likely N-dealkylation sites (tertiary alicyclic amines) is 1. The van der Waals surface area contributed by atoms with Crippen molar-refractivity contribution in [1.29, 1.82) is 0 Å². The summed E-state index contributed by atoms with van der Waals surface area (Å²) in [5.41, 5.74) is -0.705. The number of hydrogen-bond donors (Lipinski definition) is 3. The zero-order valence-electron chi connectivity index (χ0n) is 8.69. The number of rotatable bonds is 2. The highest BCUT2D eigenvalue weighted by molar-refractivity contribution is 5.80. The number of carbonyl (C=O) groups excluding carboxylic acids is 1. The van der Waals surface area contributed by atoms with E-state index in [1.807, 2.05) is 0 Å². The molecule has 1 aliphatic rings. The Morgan fingerprint density at radius 2 is 1.93 bits per heavy atom. The third kappa shape index (κ3) is 3.75. The van der Waals surface area contributed by atoms with E-state index in [2.05, 4.69) is 5.32 Å². The smallest absolute Gasteiger partial charge is 0.323 e. The second kappa shape index (κ2) is 4.48. The number of amides is 2. The zero-order valence-corrected chi connectivity index (χ0v) is 8.69. The molecule has 1 rings (SSSR count). The average Bonchev–Trinajstić information content (AvgIpc) is 2.14. The summed E-state index contributed by atoms with van der Waals surface area (Å²) in [6, 6.07) is -0.382. The number of aliphatic carboxylic acids is 1. The van der Waals surface area contributed by atoms with Gasteiger partial charge in [-0.05, 0) is 19.8 Å². The Bertz CT molecular complexity index is 255. The predicted octanol–water partition coefficient (Wildman–Crippen LogP) is -0.373. The van der Waals surface area contributed by atoms with E-state index in [0.717, 1.165) is 0 Å². The van der Waals surface area contributed by atoms with E-state index in [4.69, 9.17) is 5.11 Å². The standard InChI is InChI=1S/C9H16N2O4/c1-9(15)2-4-11(5-3-9)8(14)10-6-7(12)13/h15H,2-6H2,1H3,(H,10,14)(H,12,13). The summed E-state index contributed by atoms with van der Waals surface area (Å²) in [6.45, 7) is 2.28. The van der Waals surface area contributed by atoms with Gasteiger partial charge in [0.2, 0.25) is 0 Å². The fourth-order valence-corrected chi connectivity index (χ4v) is 1.45. The molecule has 1 heterocycles. The first-order valence-corrected chi connectivity index (χ1v) is 4.88. The molecule has 2 amide bonds. The molecule has 0 atom stereocenters. The Hall–Kier alpha value is -1.30. The van der Waals surface area contributed by atoms with Gasteiger partial charge in [0.15, 0.2) is 0 Å². The molecule has 1 fully saturated rings. The van der Waals surface area contributed by atoms with Gasteiger partial charge in [-0.2, -0.15) is 0 Å². The molecule has 6 nitrogen and oxygen atoms in total. The maximum atomic E-state index is 11.4. The summed E-state index contributed by atoms with van der Waals surface area (Å²) < 4.78 is 0. The van der Waals surface area contributed by atoms with Crippen molar-refractivity contribution < 1.29 is 19.8 Å². The van der Waals surface area contributed by atoms with Crippen LogP contribution in [0.1, 0.15) is 19.8 Å². The molecule has 3 N–H and O–H groups in total. The fraction of sp³-hybridized carbons (Fsp3) is 0.778. The predicted molar refractivity (Wildman–Crippen MR) is 52.5 cm³/mol. The summed E-state index contributed by atoms with van der Waals surface area (Å²) in [6.07, 6.45) is 1.04. The van der Waals surface area contributed by atoms with Crippen LogP contribution in [0.2, 0.25) is 0 Å². The van der Waals surface area contributed by atoms with Crippen LogP contribution in [0, 0.1) is 0 Å². The number of nitrogens with one attached hydrogen (secondary N) is 1. The maximum Gasteiger partial charge on any atom is 0.323 e. The van der Waals surface area contributed by atoms with Gasteiger partial charge in [-0.3, -0.25) is 4.79 Å². The van der Waals surface area contributed by atoms with Crippen molar-refractivity contribution >= 4 is 12.0 Å². The summed E-state index contributed by atoms with van der Waals surface area (Å²) in [4.78, 5) is 23.1. The highest BCUT2D eigenvalue weighted by atomic mass is 16.4. The van der Waals surface area contributed by atoms with E-state index in [1.54, 1.807) is 6.92 Å². The lowest BCUT2D eigenvalue weighted by molar-refractivity contribution is -0.135. The molecule has 1 aliphatic heterocycles. The Kier molecular flexibility index (Phi) is 3.52. The van der Waals surface area contributed by atoms with Crippen LogP contribution in [0.25, 0.3) is 0 Å². The minimum atomic E-state index is -1.06. The summed E-state index contributed by atoms with van der Waals surface area (Å²) in [5, 5.41) is 20.3. The molecule has 0 aromatic carbocycles. The van der Waals surface area contributed by atoms with Crippen molar-refractivity contribution in [1.82, 2.24) is 10.2 Å². The zero-order chi connectivity index (χ0) is 11.5. The van der Waals surface area contributed by atoms with Crippen LogP contribution in [0.4, 0.5) is 4.79 Å². The van der Waals surface area contributed by atoms with Crippen molar-refractivity contribution in [3.63, 3.8) is 0 Å². The van der Waals surface area contributed by atoms with E-state index in [-0.39, 0.29) is 12.6 Å². The Balaban J connectivity index is 2.33. The molecule has 86 valence electrons. The van der Waals surface area contributed by atoms with Crippen molar-refractivity contribution in [3.05, 3.63) is 0 Å². The van der Waals surface area contributed by atoms with Gasteiger partial charge in [-0.15, -0.1) is 0 Å².